The Morgan fingerprint density at radius 1 is 1.26 bits per heavy atom. The molecule has 0 saturated carbocycles. The Hall–Kier alpha value is -2.81. The monoisotopic (exact) mass is 378 g/mol. The van der Waals surface area contributed by atoms with Crippen molar-refractivity contribution in [2.24, 2.45) is 0 Å². The summed E-state index contributed by atoms with van der Waals surface area (Å²) in [4.78, 5) is 29.2. The number of amides is 2. The molecule has 27 heavy (non-hydrogen) atoms. The van der Waals surface area contributed by atoms with Gasteiger partial charge in [0.1, 0.15) is 17.3 Å². The van der Waals surface area contributed by atoms with Crippen LogP contribution in [-0.4, -0.2) is 41.6 Å². The number of nitrogens with zero attached hydrogens (tertiary/aromatic N) is 2. The molecule has 2 amide bonds. The molecule has 3 rings (SSSR count). The van der Waals surface area contributed by atoms with E-state index in [0.29, 0.717) is 37.9 Å². The molecule has 9 heteroatoms. The normalized spacial score (nSPS) is 13.1. The standard InChI is InChI=1S/C18H20F2N4O3/c1-27-9-7-21-17(25)15-14-4-2-3-8-24(14)16(23-15)18(26)22-13-6-5-11(19)10-12(13)20/h5-6,10H,2-4,7-9H2,1H3,(H,21,25)(H,22,26). The molecule has 0 bridgehead atoms. The van der Waals surface area contributed by atoms with E-state index < -0.39 is 17.5 Å². The lowest BCUT2D eigenvalue weighted by atomic mass is 10.1. The lowest BCUT2D eigenvalue weighted by Gasteiger charge is -2.17. The molecule has 0 aliphatic carbocycles. The van der Waals surface area contributed by atoms with Crippen molar-refractivity contribution >= 4 is 17.5 Å². The van der Waals surface area contributed by atoms with E-state index in [4.69, 9.17) is 4.74 Å². The second-order valence-corrected chi connectivity index (χ2v) is 6.17. The number of ether oxygens (including phenoxy) is 1. The summed E-state index contributed by atoms with van der Waals surface area (Å²) >= 11 is 0. The van der Waals surface area contributed by atoms with E-state index in [1.165, 1.54) is 7.11 Å². The lowest BCUT2D eigenvalue weighted by Crippen LogP contribution is -2.28. The number of anilines is 1. The molecule has 0 atom stereocenters. The van der Waals surface area contributed by atoms with Crippen LogP contribution in [0.3, 0.4) is 0 Å². The van der Waals surface area contributed by atoms with Crippen LogP contribution < -0.4 is 10.6 Å². The molecule has 0 saturated heterocycles. The number of nitrogens with one attached hydrogen (secondary N) is 2. The Morgan fingerprint density at radius 2 is 2.07 bits per heavy atom. The zero-order valence-electron chi connectivity index (χ0n) is 14.8. The Bertz CT molecular complexity index is 867. The Labute approximate surface area is 154 Å². The van der Waals surface area contributed by atoms with Gasteiger partial charge in [0.25, 0.3) is 11.8 Å². The number of benzene rings is 1. The first-order valence-corrected chi connectivity index (χ1v) is 8.64. The van der Waals surface area contributed by atoms with E-state index in [-0.39, 0.29) is 23.1 Å². The van der Waals surface area contributed by atoms with E-state index in [2.05, 4.69) is 15.6 Å². The van der Waals surface area contributed by atoms with Gasteiger partial charge in [-0.2, -0.15) is 0 Å². The minimum atomic E-state index is -0.883. The van der Waals surface area contributed by atoms with Gasteiger partial charge in [-0.3, -0.25) is 9.59 Å². The van der Waals surface area contributed by atoms with Crippen LogP contribution >= 0.6 is 0 Å². The molecule has 1 aliphatic rings. The van der Waals surface area contributed by atoms with Crippen LogP contribution in [0.4, 0.5) is 14.5 Å². The minimum Gasteiger partial charge on any atom is -0.383 e. The van der Waals surface area contributed by atoms with Crippen molar-refractivity contribution in [3.8, 4) is 0 Å². The molecule has 0 fully saturated rings. The van der Waals surface area contributed by atoms with Crippen LogP contribution in [0.1, 0.15) is 39.6 Å². The highest BCUT2D eigenvalue weighted by Crippen LogP contribution is 2.22. The first-order chi connectivity index (χ1) is 13.0. The van der Waals surface area contributed by atoms with Crippen LogP contribution in [0.25, 0.3) is 0 Å². The molecule has 0 unspecified atom stereocenters. The maximum absolute atomic E-state index is 13.8. The molecule has 144 valence electrons. The number of aromatic nitrogens is 2. The number of rotatable bonds is 6. The quantitative estimate of drug-likeness (QED) is 0.754. The molecular weight excluding hydrogens is 358 g/mol. The molecule has 1 aromatic heterocycles. The van der Waals surface area contributed by atoms with Crippen molar-refractivity contribution in [1.82, 2.24) is 14.9 Å². The first kappa shape index (κ1) is 19.0. The third kappa shape index (κ3) is 4.13. The fourth-order valence-electron chi connectivity index (χ4n) is 3.02. The summed E-state index contributed by atoms with van der Waals surface area (Å²) in [5.41, 5.74) is 0.720. The smallest absolute Gasteiger partial charge is 0.291 e. The van der Waals surface area contributed by atoms with E-state index in [1.807, 2.05) is 0 Å². The van der Waals surface area contributed by atoms with Crippen molar-refractivity contribution in [3.05, 3.63) is 47.0 Å². The topological polar surface area (TPSA) is 85.2 Å². The molecule has 2 N–H and O–H groups in total. The van der Waals surface area contributed by atoms with Crippen LogP contribution in [0.5, 0.6) is 0 Å². The van der Waals surface area contributed by atoms with Crippen molar-refractivity contribution in [2.45, 2.75) is 25.8 Å². The lowest BCUT2D eigenvalue weighted by molar-refractivity contribution is 0.0931. The van der Waals surface area contributed by atoms with Crippen LogP contribution in [-0.2, 0) is 17.7 Å². The molecule has 7 nitrogen and oxygen atoms in total. The van der Waals surface area contributed by atoms with E-state index in [9.17, 15) is 18.4 Å². The van der Waals surface area contributed by atoms with Gasteiger partial charge < -0.3 is 19.9 Å². The molecule has 1 aliphatic heterocycles. The first-order valence-electron chi connectivity index (χ1n) is 8.64. The molecular formula is C18H20F2N4O3. The summed E-state index contributed by atoms with van der Waals surface area (Å²) in [6.45, 7) is 1.23. The second-order valence-electron chi connectivity index (χ2n) is 6.17. The second kappa shape index (κ2) is 8.26. The zero-order chi connectivity index (χ0) is 19.4. The van der Waals surface area contributed by atoms with Crippen molar-refractivity contribution in [1.29, 1.82) is 0 Å². The number of imidazole rings is 1. The minimum absolute atomic E-state index is 0.0327. The fraction of sp³-hybridized carbons (Fsp3) is 0.389. The van der Waals surface area contributed by atoms with Gasteiger partial charge in [0, 0.05) is 26.3 Å². The Morgan fingerprint density at radius 3 is 2.81 bits per heavy atom. The van der Waals surface area contributed by atoms with Gasteiger partial charge in [0.05, 0.1) is 18.0 Å². The predicted molar refractivity (Wildman–Crippen MR) is 93.7 cm³/mol. The van der Waals surface area contributed by atoms with Gasteiger partial charge >= 0.3 is 0 Å². The molecule has 1 aromatic carbocycles. The molecule has 2 aromatic rings. The highest BCUT2D eigenvalue weighted by molar-refractivity contribution is 6.03. The van der Waals surface area contributed by atoms with Crippen molar-refractivity contribution < 1.29 is 23.1 Å². The average Bonchev–Trinajstić information content (AvgIpc) is 3.04. The fourth-order valence-corrected chi connectivity index (χ4v) is 3.02. The maximum Gasteiger partial charge on any atom is 0.291 e. The maximum atomic E-state index is 13.8. The summed E-state index contributed by atoms with van der Waals surface area (Å²) in [5.74, 6) is -2.63. The average molecular weight is 378 g/mol. The zero-order valence-corrected chi connectivity index (χ0v) is 14.8. The summed E-state index contributed by atoms with van der Waals surface area (Å²) in [6.07, 6.45) is 2.36. The third-order valence-corrected chi connectivity index (χ3v) is 4.31. The van der Waals surface area contributed by atoms with Crippen LogP contribution in [0, 0.1) is 11.6 Å². The van der Waals surface area contributed by atoms with Crippen molar-refractivity contribution in [2.75, 3.05) is 25.6 Å². The Balaban J connectivity index is 1.86. The number of fused-ring (bicyclic) bond motifs is 1. The molecule has 0 spiro atoms. The van der Waals surface area contributed by atoms with E-state index in [0.717, 1.165) is 25.0 Å². The van der Waals surface area contributed by atoms with Gasteiger partial charge in [0.2, 0.25) is 0 Å². The van der Waals surface area contributed by atoms with E-state index >= 15 is 0 Å². The van der Waals surface area contributed by atoms with Gasteiger partial charge in [-0.1, -0.05) is 0 Å². The summed E-state index contributed by atoms with van der Waals surface area (Å²) in [7, 11) is 1.53. The SMILES string of the molecule is COCCNC(=O)c1nc(C(=O)Nc2ccc(F)cc2F)n2c1CCCC2. The highest BCUT2D eigenvalue weighted by atomic mass is 19.1. The number of carbonyl (C=O) groups excluding carboxylic acids is 2. The van der Waals surface area contributed by atoms with Crippen LogP contribution in [0.15, 0.2) is 18.2 Å². The molecule has 2 heterocycles. The summed E-state index contributed by atoms with van der Waals surface area (Å²) in [5, 5.41) is 5.09. The van der Waals surface area contributed by atoms with Gasteiger partial charge in [-0.25, -0.2) is 13.8 Å². The third-order valence-electron chi connectivity index (χ3n) is 4.31. The van der Waals surface area contributed by atoms with Gasteiger partial charge in [0.15, 0.2) is 5.82 Å². The van der Waals surface area contributed by atoms with Gasteiger partial charge in [-0.15, -0.1) is 0 Å². The Kier molecular flexibility index (Phi) is 5.80. The van der Waals surface area contributed by atoms with Crippen LogP contribution in [0.2, 0.25) is 0 Å². The number of carbonyl (C=O) groups is 2. The largest absolute Gasteiger partial charge is 0.383 e. The predicted octanol–water partition coefficient (Wildman–Crippen LogP) is 2.13. The summed E-state index contributed by atoms with van der Waals surface area (Å²) in [6, 6.07) is 2.88. The number of methoxy groups -OCH3 is 1. The molecule has 0 radical (unpaired) electrons. The highest BCUT2D eigenvalue weighted by Gasteiger charge is 2.27. The van der Waals surface area contributed by atoms with Gasteiger partial charge in [-0.05, 0) is 31.4 Å². The number of hydrogen-bond acceptors (Lipinski definition) is 4. The van der Waals surface area contributed by atoms with E-state index in [1.54, 1.807) is 4.57 Å². The number of halogens is 2. The number of hydrogen-bond donors (Lipinski definition) is 2. The van der Waals surface area contributed by atoms with Crippen molar-refractivity contribution in [3.63, 3.8) is 0 Å². The summed E-state index contributed by atoms with van der Waals surface area (Å²) < 4.78 is 33.4.